The molecule has 0 amide bonds. The van der Waals surface area contributed by atoms with Crippen LogP contribution in [0, 0.1) is 6.92 Å². The van der Waals surface area contributed by atoms with Crippen LogP contribution in [0.1, 0.15) is 26.3 Å². The summed E-state index contributed by atoms with van der Waals surface area (Å²) >= 11 is 0. The first kappa shape index (κ1) is 27.9. The largest absolute Gasteiger partial charge is 2.00 e. The Morgan fingerprint density at radius 3 is 2.00 bits per heavy atom. The van der Waals surface area contributed by atoms with E-state index in [1.165, 1.54) is 0 Å². The quantitative estimate of drug-likeness (QED) is 0.455. The fourth-order valence-corrected chi connectivity index (χ4v) is 1.10. The molecular formula is C14H26BrCoN3O. The summed E-state index contributed by atoms with van der Waals surface area (Å²) in [6.45, 7) is 10.8. The van der Waals surface area contributed by atoms with Crippen LogP contribution in [-0.4, -0.2) is 30.5 Å². The molecule has 0 bridgehead atoms. The maximum absolute atomic E-state index is 9.43. The molecule has 1 rings (SSSR count). The minimum atomic E-state index is 0. The van der Waals surface area contributed by atoms with Gasteiger partial charge in [0.15, 0.2) is 0 Å². The van der Waals surface area contributed by atoms with Crippen molar-refractivity contribution in [3.8, 4) is 5.75 Å². The third-order valence-electron chi connectivity index (χ3n) is 1.86. The van der Waals surface area contributed by atoms with Crippen molar-refractivity contribution in [2.45, 2.75) is 20.8 Å². The predicted molar refractivity (Wildman–Crippen MR) is 80.0 cm³/mol. The van der Waals surface area contributed by atoms with Gasteiger partial charge in [0, 0.05) is 30.9 Å². The summed E-state index contributed by atoms with van der Waals surface area (Å²) in [5.41, 5.74) is 11.5. The summed E-state index contributed by atoms with van der Waals surface area (Å²) < 4.78 is 0. The van der Waals surface area contributed by atoms with Gasteiger partial charge in [-0.3, -0.25) is 4.99 Å². The molecule has 0 aliphatic rings. The zero-order chi connectivity index (χ0) is 14.4. The van der Waals surface area contributed by atoms with Crippen molar-refractivity contribution in [1.82, 2.24) is 0 Å². The van der Waals surface area contributed by atoms with Crippen molar-refractivity contribution in [2.75, 3.05) is 19.6 Å². The first-order chi connectivity index (χ1) is 8.67. The molecule has 1 aromatic rings. The van der Waals surface area contributed by atoms with E-state index >= 15 is 0 Å². The number of para-hydroxylation sites is 1. The van der Waals surface area contributed by atoms with Crippen LogP contribution < -0.4 is 28.4 Å². The van der Waals surface area contributed by atoms with Crippen LogP contribution in [0.15, 0.2) is 29.3 Å². The van der Waals surface area contributed by atoms with Crippen LogP contribution in [0.4, 0.5) is 0 Å². The van der Waals surface area contributed by atoms with Crippen molar-refractivity contribution in [1.29, 1.82) is 0 Å². The van der Waals surface area contributed by atoms with Gasteiger partial charge in [-0.05, 0) is 26.0 Å². The summed E-state index contributed by atoms with van der Waals surface area (Å²) in [7, 11) is 0. The summed E-state index contributed by atoms with van der Waals surface area (Å²) in [5, 5.41) is 9.43. The number of nitrogens with two attached hydrogens (primary N) is 2. The predicted octanol–water partition coefficient (Wildman–Crippen LogP) is -1.03. The van der Waals surface area contributed by atoms with E-state index in [9.17, 15) is 5.11 Å². The molecule has 1 radical (unpaired) electrons. The fourth-order valence-electron chi connectivity index (χ4n) is 1.10. The van der Waals surface area contributed by atoms with E-state index in [4.69, 9.17) is 11.5 Å². The Balaban J connectivity index is -0.000000139. The second-order valence-corrected chi connectivity index (χ2v) is 3.15. The Hall–Kier alpha value is -0.404. The van der Waals surface area contributed by atoms with E-state index in [1.54, 1.807) is 19.1 Å². The molecule has 20 heavy (non-hydrogen) atoms. The molecule has 4 nitrogen and oxygen atoms in total. The number of halogens is 1. The number of hydrogen-bond donors (Lipinski definition) is 3. The average molecular weight is 391 g/mol. The number of rotatable bonds is 3. The number of phenols is 1. The van der Waals surface area contributed by atoms with Crippen LogP contribution in [0.25, 0.3) is 0 Å². The van der Waals surface area contributed by atoms with Crippen molar-refractivity contribution < 1.29 is 38.9 Å². The second kappa shape index (κ2) is 20.9. The second-order valence-electron chi connectivity index (χ2n) is 3.15. The van der Waals surface area contributed by atoms with Crippen molar-refractivity contribution in [3.05, 3.63) is 36.8 Å². The average Bonchev–Trinajstić information content (AvgIpc) is 2.42. The Morgan fingerprint density at radius 1 is 1.20 bits per heavy atom. The topological polar surface area (TPSA) is 84.6 Å². The molecule has 0 heterocycles. The van der Waals surface area contributed by atoms with E-state index in [0.717, 1.165) is 17.8 Å². The summed E-state index contributed by atoms with van der Waals surface area (Å²) in [5.74, 6) is 0.298. The van der Waals surface area contributed by atoms with Crippen LogP contribution in [-0.2, 0) is 16.8 Å². The minimum Gasteiger partial charge on any atom is -1.00 e. The molecule has 0 aromatic heterocycles. The van der Waals surface area contributed by atoms with E-state index in [0.29, 0.717) is 18.8 Å². The Kier molecular flexibility index (Phi) is 29.1. The summed E-state index contributed by atoms with van der Waals surface area (Å²) in [6.07, 6.45) is 0. The summed E-state index contributed by atoms with van der Waals surface area (Å²) in [6, 6.07) is 7.23. The molecule has 0 spiro atoms. The van der Waals surface area contributed by atoms with Crippen molar-refractivity contribution >= 4 is 5.71 Å². The van der Waals surface area contributed by atoms with Gasteiger partial charge < -0.3 is 40.5 Å². The number of aromatic hydroxyl groups is 1. The van der Waals surface area contributed by atoms with E-state index in [2.05, 4.69) is 11.9 Å². The fraction of sp³-hybridized carbons (Fsp3) is 0.429. The molecule has 0 aliphatic heterocycles. The molecule has 6 heteroatoms. The number of phenolic OH excluding ortho intramolecular Hbond substituents is 1. The SMILES string of the molecule is CCN=C(C)c1ccccc1O.NCCN.[Br-].[CH2-]C.[Co+2]. The van der Waals surface area contributed by atoms with E-state index in [1.807, 2.05) is 26.0 Å². The van der Waals surface area contributed by atoms with Gasteiger partial charge in [-0.2, -0.15) is 6.92 Å². The van der Waals surface area contributed by atoms with Gasteiger partial charge in [0.05, 0.1) is 0 Å². The van der Waals surface area contributed by atoms with Gasteiger partial charge in [-0.25, -0.2) is 0 Å². The molecule has 0 fully saturated rings. The smallest absolute Gasteiger partial charge is 1.00 e. The van der Waals surface area contributed by atoms with Crippen LogP contribution in [0.5, 0.6) is 5.75 Å². The van der Waals surface area contributed by atoms with E-state index < -0.39 is 0 Å². The molecule has 0 saturated carbocycles. The molecule has 0 saturated heterocycles. The maximum atomic E-state index is 9.43. The maximum Gasteiger partial charge on any atom is 2.00 e. The first-order valence-electron chi connectivity index (χ1n) is 6.07. The molecule has 5 N–H and O–H groups in total. The van der Waals surface area contributed by atoms with Crippen molar-refractivity contribution in [3.63, 3.8) is 0 Å². The standard InChI is InChI=1S/C10H13NO.C2H8N2.C2H5.BrH.Co/c1-3-11-8(2)9-6-4-5-7-10(9)12;3-1-2-4;1-2;;/h4-7,12H,3H2,1-2H3;1-4H2;1H2,2H3;1H;/q;;-1;;+2/p-1. The summed E-state index contributed by atoms with van der Waals surface area (Å²) in [4.78, 5) is 4.21. The van der Waals surface area contributed by atoms with E-state index in [-0.39, 0.29) is 33.8 Å². The monoisotopic (exact) mass is 390 g/mol. The van der Waals surface area contributed by atoms with Crippen LogP contribution in [0.3, 0.4) is 0 Å². The van der Waals surface area contributed by atoms with Gasteiger partial charge >= 0.3 is 16.8 Å². The molecular weight excluding hydrogens is 365 g/mol. The Morgan fingerprint density at radius 2 is 1.65 bits per heavy atom. The van der Waals surface area contributed by atoms with Gasteiger partial charge in [-0.1, -0.05) is 12.1 Å². The molecule has 119 valence electrons. The third-order valence-corrected chi connectivity index (χ3v) is 1.86. The normalized spacial score (nSPS) is 8.80. The minimum absolute atomic E-state index is 0. The molecule has 0 atom stereocenters. The number of nitrogens with zero attached hydrogens (tertiary/aromatic N) is 1. The van der Waals surface area contributed by atoms with Gasteiger partial charge in [0.1, 0.15) is 5.75 Å². The van der Waals surface area contributed by atoms with Gasteiger partial charge in [0.25, 0.3) is 0 Å². The third kappa shape index (κ3) is 14.0. The molecule has 0 unspecified atom stereocenters. The Labute approximate surface area is 144 Å². The number of hydrogen-bond acceptors (Lipinski definition) is 4. The molecule has 1 aromatic carbocycles. The van der Waals surface area contributed by atoms with Gasteiger partial charge in [-0.15, -0.1) is 0 Å². The van der Waals surface area contributed by atoms with Crippen molar-refractivity contribution in [2.24, 2.45) is 16.5 Å². The molecule has 0 aliphatic carbocycles. The van der Waals surface area contributed by atoms with Crippen LogP contribution >= 0.6 is 0 Å². The number of benzene rings is 1. The Bertz CT molecular complexity index is 334. The zero-order valence-corrected chi connectivity index (χ0v) is 15.0. The number of aliphatic imine (C=N–C) groups is 1. The van der Waals surface area contributed by atoms with Crippen LogP contribution in [0.2, 0.25) is 0 Å². The first-order valence-corrected chi connectivity index (χ1v) is 6.07. The van der Waals surface area contributed by atoms with Gasteiger partial charge in [0.2, 0.25) is 0 Å². The zero-order valence-electron chi connectivity index (χ0n) is 12.4.